The number of nitrogens with zero attached hydrogens (tertiary/aromatic N) is 4. The van der Waals surface area contributed by atoms with Gasteiger partial charge in [0.15, 0.2) is 11.6 Å². The summed E-state index contributed by atoms with van der Waals surface area (Å²) in [6.07, 6.45) is 2.25. The zero-order chi connectivity index (χ0) is 14.1. The summed E-state index contributed by atoms with van der Waals surface area (Å²) in [5, 5.41) is 16.6. The van der Waals surface area contributed by atoms with Crippen LogP contribution in [0.3, 0.4) is 0 Å². The Balaban J connectivity index is 1.75. The number of carbonyl (C=O) groups is 1. The second-order valence-electron chi connectivity index (χ2n) is 4.38. The molecule has 0 spiro atoms. The fraction of sp³-hybridized carbons (Fsp3) is 0.250. The molecule has 2 heterocycles. The number of halogens is 1. The summed E-state index contributed by atoms with van der Waals surface area (Å²) in [5.41, 5.74) is 0.339. The van der Waals surface area contributed by atoms with Gasteiger partial charge in [0.1, 0.15) is 6.10 Å². The molecule has 7 nitrogen and oxygen atoms in total. The van der Waals surface area contributed by atoms with Gasteiger partial charge in [-0.15, -0.1) is 5.10 Å². The fourth-order valence-electron chi connectivity index (χ4n) is 2.03. The van der Waals surface area contributed by atoms with Crippen LogP contribution in [0.5, 0.6) is 5.75 Å². The van der Waals surface area contributed by atoms with Crippen molar-refractivity contribution < 1.29 is 19.0 Å². The van der Waals surface area contributed by atoms with Gasteiger partial charge in [0.2, 0.25) is 0 Å². The van der Waals surface area contributed by atoms with E-state index in [0.29, 0.717) is 12.2 Å². The Morgan fingerprint density at radius 2 is 2.35 bits per heavy atom. The van der Waals surface area contributed by atoms with Crippen molar-refractivity contribution in [3.63, 3.8) is 0 Å². The summed E-state index contributed by atoms with van der Waals surface area (Å²) < 4.78 is 20.1. The third-order valence-electron chi connectivity index (χ3n) is 2.98. The average Bonchev–Trinajstić information content (AvgIpc) is 3.03. The molecule has 1 unspecified atom stereocenters. The number of hydrogen-bond donors (Lipinski definition) is 1. The van der Waals surface area contributed by atoms with E-state index in [1.807, 2.05) is 0 Å². The number of rotatable bonds is 3. The van der Waals surface area contributed by atoms with Crippen LogP contribution in [0.4, 0.5) is 14.9 Å². The van der Waals surface area contributed by atoms with Gasteiger partial charge in [-0.3, -0.25) is 4.90 Å². The number of cyclic esters (lactones) is 1. The van der Waals surface area contributed by atoms with Crippen molar-refractivity contribution in [2.75, 3.05) is 11.4 Å². The van der Waals surface area contributed by atoms with Crippen molar-refractivity contribution in [1.82, 2.24) is 15.0 Å². The summed E-state index contributed by atoms with van der Waals surface area (Å²) in [6.45, 7) is 0.658. The van der Waals surface area contributed by atoms with Crippen molar-refractivity contribution in [3.05, 3.63) is 36.4 Å². The second kappa shape index (κ2) is 4.80. The third-order valence-corrected chi connectivity index (χ3v) is 2.98. The standard InChI is InChI=1S/C12H11FN4O3/c13-10-5-8(1-2-11(10)18)17-7-9(20-12(17)19)6-16-4-3-14-15-16/h1-5,9,18H,6-7H2. The molecule has 1 aliphatic heterocycles. The Hall–Kier alpha value is -2.64. The van der Waals surface area contributed by atoms with Crippen LogP contribution in [0, 0.1) is 5.82 Å². The molecular weight excluding hydrogens is 267 g/mol. The molecule has 20 heavy (non-hydrogen) atoms. The molecule has 0 bridgehead atoms. The number of phenolic OH excluding ortho intramolecular Hbond substituents is 1. The molecule has 1 aromatic carbocycles. The molecule has 2 aromatic rings. The predicted molar refractivity (Wildman–Crippen MR) is 65.7 cm³/mol. The van der Waals surface area contributed by atoms with E-state index in [-0.39, 0.29) is 12.6 Å². The summed E-state index contributed by atoms with van der Waals surface area (Å²) in [6, 6.07) is 3.74. The number of anilines is 1. The highest BCUT2D eigenvalue weighted by Crippen LogP contribution is 2.26. The molecule has 1 fully saturated rings. The summed E-state index contributed by atoms with van der Waals surface area (Å²) >= 11 is 0. The SMILES string of the molecule is O=C1OC(Cn2ccnn2)CN1c1ccc(O)c(F)c1. The highest BCUT2D eigenvalue weighted by atomic mass is 19.1. The molecule has 0 aliphatic carbocycles. The molecule has 0 saturated carbocycles. The topological polar surface area (TPSA) is 80.5 Å². The van der Waals surface area contributed by atoms with Crippen LogP contribution in [0.2, 0.25) is 0 Å². The molecule has 1 N–H and O–H groups in total. The third kappa shape index (κ3) is 2.27. The molecule has 1 atom stereocenters. The van der Waals surface area contributed by atoms with E-state index in [4.69, 9.17) is 9.84 Å². The molecular formula is C12H11FN4O3. The number of benzene rings is 1. The number of aromatic nitrogens is 3. The van der Waals surface area contributed by atoms with E-state index < -0.39 is 17.7 Å². The smallest absolute Gasteiger partial charge is 0.414 e. The van der Waals surface area contributed by atoms with Crippen LogP contribution in [0.15, 0.2) is 30.6 Å². The van der Waals surface area contributed by atoms with Crippen molar-refractivity contribution in [1.29, 1.82) is 0 Å². The van der Waals surface area contributed by atoms with Gasteiger partial charge in [-0.2, -0.15) is 0 Å². The maximum atomic E-state index is 13.3. The Labute approximate surface area is 113 Å². The Morgan fingerprint density at radius 1 is 1.50 bits per heavy atom. The van der Waals surface area contributed by atoms with E-state index in [0.717, 1.165) is 6.07 Å². The largest absolute Gasteiger partial charge is 0.505 e. The lowest BCUT2D eigenvalue weighted by atomic mass is 10.2. The summed E-state index contributed by atoms with van der Waals surface area (Å²) in [4.78, 5) is 13.1. The fourth-order valence-corrected chi connectivity index (χ4v) is 2.03. The Morgan fingerprint density at radius 3 is 3.05 bits per heavy atom. The number of hydrogen-bond acceptors (Lipinski definition) is 5. The molecule has 1 aromatic heterocycles. The monoisotopic (exact) mass is 278 g/mol. The average molecular weight is 278 g/mol. The number of phenols is 1. The molecule has 104 valence electrons. The van der Waals surface area contributed by atoms with Crippen LogP contribution >= 0.6 is 0 Å². The molecule has 1 amide bonds. The van der Waals surface area contributed by atoms with Gasteiger partial charge in [0.25, 0.3) is 0 Å². The molecule has 3 rings (SSSR count). The lowest BCUT2D eigenvalue weighted by molar-refractivity contribution is 0.129. The lowest BCUT2D eigenvalue weighted by Crippen LogP contribution is -2.26. The summed E-state index contributed by atoms with van der Waals surface area (Å²) in [5.74, 6) is -1.24. The minimum Gasteiger partial charge on any atom is -0.505 e. The zero-order valence-electron chi connectivity index (χ0n) is 10.3. The number of amides is 1. The Kier molecular flexibility index (Phi) is 2.97. The first-order valence-corrected chi connectivity index (χ1v) is 5.94. The minimum atomic E-state index is -0.782. The molecule has 0 radical (unpaired) electrons. The zero-order valence-corrected chi connectivity index (χ0v) is 10.3. The maximum Gasteiger partial charge on any atom is 0.414 e. The van der Waals surface area contributed by atoms with Gasteiger partial charge < -0.3 is 9.84 Å². The highest BCUT2D eigenvalue weighted by molar-refractivity contribution is 5.89. The minimum absolute atomic E-state index is 0.281. The van der Waals surface area contributed by atoms with E-state index in [1.54, 1.807) is 10.9 Å². The van der Waals surface area contributed by atoms with Gasteiger partial charge in [0, 0.05) is 12.3 Å². The molecule has 8 heteroatoms. The Bertz CT molecular complexity index is 632. The van der Waals surface area contributed by atoms with Crippen LogP contribution in [0.1, 0.15) is 0 Å². The summed E-state index contributed by atoms with van der Waals surface area (Å²) in [7, 11) is 0. The van der Waals surface area contributed by atoms with Gasteiger partial charge in [-0.25, -0.2) is 13.9 Å². The van der Waals surface area contributed by atoms with Crippen molar-refractivity contribution in [3.8, 4) is 5.75 Å². The normalized spacial score (nSPS) is 18.4. The first kappa shape index (κ1) is 12.4. The predicted octanol–water partition coefficient (Wildman–Crippen LogP) is 1.15. The van der Waals surface area contributed by atoms with Crippen LogP contribution in [-0.4, -0.2) is 38.8 Å². The quantitative estimate of drug-likeness (QED) is 0.910. The van der Waals surface area contributed by atoms with Gasteiger partial charge in [-0.1, -0.05) is 5.21 Å². The van der Waals surface area contributed by atoms with Gasteiger partial charge in [-0.05, 0) is 12.1 Å². The number of ether oxygens (including phenoxy) is 1. The first-order valence-electron chi connectivity index (χ1n) is 5.94. The van der Waals surface area contributed by atoms with E-state index in [1.165, 1.54) is 23.2 Å². The van der Waals surface area contributed by atoms with Gasteiger partial charge >= 0.3 is 6.09 Å². The van der Waals surface area contributed by atoms with Crippen molar-refractivity contribution in [2.24, 2.45) is 0 Å². The molecule has 1 aliphatic rings. The van der Waals surface area contributed by atoms with Crippen molar-refractivity contribution in [2.45, 2.75) is 12.6 Å². The van der Waals surface area contributed by atoms with Crippen LogP contribution in [0.25, 0.3) is 0 Å². The van der Waals surface area contributed by atoms with Crippen molar-refractivity contribution >= 4 is 11.8 Å². The second-order valence-corrected chi connectivity index (χ2v) is 4.38. The van der Waals surface area contributed by atoms with Crippen LogP contribution in [-0.2, 0) is 11.3 Å². The lowest BCUT2D eigenvalue weighted by Gasteiger charge is -2.13. The first-order chi connectivity index (χ1) is 9.63. The van der Waals surface area contributed by atoms with E-state index >= 15 is 0 Å². The molecule has 1 saturated heterocycles. The highest BCUT2D eigenvalue weighted by Gasteiger charge is 2.33. The van der Waals surface area contributed by atoms with Gasteiger partial charge in [0.05, 0.1) is 25.0 Å². The maximum absolute atomic E-state index is 13.3. The van der Waals surface area contributed by atoms with E-state index in [2.05, 4.69) is 10.3 Å². The number of aromatic hydroxyl groups is 1. The number of carbonyl (C=O) groups excluding carboxylic acids is 1. The van der Waals surface area contributed by atoms with Crippen LogP contribution < -0.4 is 4.90 Å². The van der Waals surface area contributed by atoms with E-state index in [9.17, 15) is 9.18 Å².